The molecule has 0 aliphatic carbocycles. The van der Waals surface area contributed by atoms with Crippen LogP contribution in [0.2, 0.25) is 0 Å². The minimum absolute atomic E-state index is 0.373. The van der Waals surface area contributed by atoms with Crippen molar-refractivity contribution in [1.29, 1.82) is 0 Å². The molecule has 1 aliphatic rings. The lowest BCUT2D eigenvalue weighted by Crippen LogP contribution is -2.22. The van der Waals surface area contributed by atoms with E-state index >= 15 is 0 Å². The van der Waals surface area contributed by atoms with Crippen molar-refractivity contribution in [1.82, 2.24) is 4.98 Å². The van der Waals surface area contributed by atoms with Crippen LogP contribution in [0.3, 0.4) is 0 Å². The number of rotatable bonds is 2. The molecule has 1 aliphatic heterocycles. The Morgan fingerprint density at radius 2 is 2.36 bits per heavy atom. The van der Waals surface area contributed by atoms with E-state index in [1.807, 2.05) is 6.20 Å². The minimum atomic E-state index is 0.373. The summed E-state index contributed by atoms with van der Waals surface area (Å²) < 4.78 is 5.32. The topological polar surface area (TPSA) is 25.4 Å². The number of aryl methyl sites for hydroxylation is 1. The van der Waals surface area contributed by atoms with Gasteiger partial charge >= 0.3 is 0 Å². The lowest BCUT2D eigenvalue weighted by molar-refractivity contribution is 0.121. The maximum Gasteiger partial charge on any atom is 0.128 e. The van der Waals surface area contributed by atoms with Crippen LogP contribution in [0.4, 0.5) is 5.82 Å². The normalized spacial score (nSPS) is 21.6. The second kappa shape index (κ2) is 3.96. The summed E-state index contributed by atoms with van der Waals surface area (Å²) in [4.78, 5) is 6.67. The van der Waals surface area contributed by atoms with Crippen LogP contribution in [0.5, 0.6) is 0 Å². The van der Waals surface area contributed by atoms with Crippen molar-refractivity contribution in [3.63, 3.8) is 0 Å². The van der Waals surface area contributed by atoms with Crippen molar-refractivity contribution in [3.05, 3.63) is 23.9 Å². The smallest absolute Gasteiger partial charge is 0.128 e. The average Bonchev–Trinajstić information content (AvgIpc) is 2.67. The number of methoxy groups -OCH3 is 1. The van der Waals surface area contributed by atoms with Crippen LogP contribution in [0.1, 0.15) is 12.0 Å². The molecule has 3 nitrogen and oxygen atoms in total. The molecule has 1 aromatic rings. The van der Waals surface area contributed by atoms with E-state index in [2.05, 4.69) is 28.9 Å². The van der Waals surface area contributed by atoms with Gasteiger partial charge in [0.2, 0.25) is 0 Å². The molecule has 0 N–H and O–H groups in total. The van der Waals surface area contributed by atoms with Gasteiger partial charge in [-0.15, -0.1) is 0 Å². The molecule has 0 radical (unpaired) electrons. The predicted octanol–water partition coefficient (Wildman–Crippen LogP) is 1.62. The van der Waals surface area contributed by atoms with Gasteiger partial charge in [-0.1, -0.05) is 6.07 Å². The zero-order chi connectivity index (χ0) is 9.97. The van der Waals surface area contributed by atoms with Gasteiger partial charge in [-0.25, -0.2) is 4.98 Å². The third kappa shape index (κ3) is 1.87. The molecule has 0 aromatic carbocycles. The Morgan fingerprint density at radius 1 is 1.50 bits per heavy atom. The van der Waals surface area contributed by atoms with E-state index < -0.39 is 0 Å². The molecule has 1 fully saturated rings. The van der Waals surface area contributed by atoms with Crippen molar-refractivity contribution in [2.45, 2.75) is 19.4 Å². The van der Waals surface area contributed by atoms with Gasteiger partial charge in [0.15, 0.2) is 0 Å². The Hall–Kier alpha value is -1.09. The first kappa shape index (κ1) is 9.46. The molecule has 1 saturated heterocycles. The number of aromatic nitrogens is 1. The van der Waals surface area contributed by atoms with Crippen molar-refractivity contribution < 1.29 is 4.74 Å². The summed E-state index contributed by atoms with van der Waals surface area (Å²) >= 11 is 0. The third-order valence-electron chi connectivity index (χ3n) is 2.70. The zero-order valence-electron chi connectivity index (χ0n) is 8.73. The number of hydrogen-bond donors (Lipinski definition) is 0. The number of nitrogens with zero attached hydrogens (tertiary/aromatic N) is 2. The molecule has 0 saturated carbocycles. The van der Waals surface area contributed by atoms with Gasteiger partial charge < -0.3 is 9.64 Å². The molecule has 1 aromatic heterocycles. The molecule has 2 rings (SSSR count). The van der Waals surface area contributed by atoms with Gasteiger partial charge in [0, 0.05) is 26.4 Å². The summed E-state index contributed by atoms with van der Waals surface area (Å²) in [6.45, 7) is 4.07. The molecule has 3 heteroatoms. The maximum atomic E-state index is 5.32. The summed E-state index contributed by atoms with van der Waals surface area (Å²) in [5.74, 6) is 1.06. The van der Waals surface area contributed by atoms with E-state index in [1.165, 1.54) is 5.56 Å². The molecular weight excluding hydrogens is 176 g/mol. The van der Waals surface area contributed by atoms with Gasteiger partial charge in [-0.3, -0.25) is 0 Å². The van der Waals surface area contributed by atoms with Gasteiger partial charge in [0.1, 0.15) is 5.82 Å². The van der Waals surface area contributed by atoms with Gasteiger partial charge in [-0.2, -0.15) is 0 Å². The summed E-state index contributed by atoms with van der Waals surface area (Å²) in [6, 6.07) is 4.18. The van der Waals surface area contributed by atoms with Crippen LogP contribution in [0.15, 0.2) is 18.3 Å². The highest BCUT2D eigenvalue weighted by atomic mass is 16.5. The molecular formula is C11H16N2O. The predicted molar refractivity (Wildman–Crippen MR) is 56.6 cm³/mol. The Labute approximate surface area is 84.7 Å². The largest absolute Gasteiger partial charge is 0.380 e. The van der Waals surface area contributed by atoms with Gasteiger partial charge in [0.05, 0.1) is 6.10 Å². The van der Waals surface area contributed by atoms with Crippen molar-refractivity contribution in [2.24, 2.45) is 0 Å². The zero-order valence-corrected chi connectivity index (χ0v) is 8.73. The van der Waals surface area contributed by atoms with Crippen LogP contribution < -0.4 is 4.90 Å². The maximum absolute atomic E-state index is 5.32. The molecule has 2 heterocycles. The molecule has 0 bridgehead atoms. The first-order chi connectivity index (χ1) is 6.79. The number of pyridine rings is 1. The summed E-state index contributed by atoms with van der Waals surface area (Å²) in [5.41, 5.74) is 1.20. The van der Waals surface area contributed by atoms with E-state index in [0.717, 1.165) is 25.3 Å². The van der Waals surface area contributed by atoms with E-state index in [9.17, 15) is 0 Å². The summed E-state index contributed by atoms with van der Waals surface area (Å²) in [6.07, 6.45) is 3.39. The van der Waals surface area contributed by atoms with Crippen LogP contribution in [-0.4, -0.2) is 31.3 Å². The first-order valence-corrected chi connectivity index (χ1v) is 5.00. The van der Waals surface area contributed by atoms with Crippen LogP contribution in [-0.2, 0) is 4.74 Å². The summed E-state index contributed by atoms with van der Waals surface area (Å²) in [5, 5.41) is 0. The van der Waals surface area contributed by atoms with Crippen molar-refractivity contribution >= 4 is 5.82 Å². The van der Waals surface area contributed by atoms with Gasteiger partial charge in [-0.05, 0) is 25.0 Å². The molecule has 0 amide bonds. The van der Waals surface area contributed by atoms with Crippen molar-refractivity contribution in [3.8, 4) is 0 Å². The fraction of sp³-hybridized carbons (Fsp3) is 0.545. The SMILES string of the molecule is CO[C@@H]1CCN(c2ccc(C)cn2)C1. The second-order valence-corrected chi connectivity index (χ2v) is 3.79. The fourth-order valence-corrected chi connectivity index (χ4v) is 1.78. The van der Waals surface area contributed by atoms with E-state index in [0.29, 0.717) is 6.10 Å². The lowest BCUT2D eigenvalue weighted by Gasteiger charge is -2.16. The highest BCUT2D eigenvalue weighted by Crippen LogP contribution is 2.19. The Kier molecular flexibility index (Phi) is 2.68. The Balaban J connectivity index is 2.06. The molecule has 76 valence electrons. The number of ether oxygens (including phenoxy) is 1. The Bertz CT molecular complexity index is 297. The Morgan fingerprint density at radius 3 is 2.93 bits per heavy atom. The standard InChI is InChI=1S/C11H16N2O/c1-9-3-4-11(12-7-9)13-6-5-10(8-13)14-2/h3-4,7,10H,5-6,8H2,1-2H3/t10-/m1/s1. The van der Waals surface area contributed by atoms with Gasteiger partial charge in [0.25, 0.3) is 0 Å². The van der Waals surface area contributed by atoms with Crippen LogP contribution in [0, 0.1) is 6.92 Å². The monoisotopic (exact) mass is 192 g/mol. The van der Waals surface area contributed by atoms with Crippen LogP contribution >= 0.6 is 0 Å². The first-order valence-electron chi connectivity index (χ1n) is 5.00. The number of hydrogen-bond acceptors (Lipinski definition) is 3. The van der Waals surface area contributed by atoms with E-state index in [1.54, 1.807) is 7.11 Å². The highest BCUT2D eigenvalue weighted by molar-refractivity contribution is 5.40. The highest BCUT2D eigenvalue weighted by Gasteiger charge is 2.22. The van der Waals surface area contributed by atoms with Crippen molar-refractivity contribution in [2.75, 3.05) is 25.1 Å². The van der Waals surface area contributed by atoms with Crippen LogP contribution in [0.25, 0.3) is 0 Å². The molecule has 1 atom stereocenters. The average molecular weight is 192 g/mol. The van der Waals surface area contributed by atoms with E-state index in [-0.39, 0.29) is 0 Å². The molecule has 0 spiro atoms. The second-order valence-electron chi connectivity index (χ2n) is 3.79. The molecule has 14 heavy (non-hydrogen) atoms. The molecule has 0 unspecified atom stereocenters. The quantitative estimate of drug-likeness (QED) is 0.712. The minimum Gasteiger partial charge on any atom is -0.380 e. The summed E-state index contributed by atoms with van der Waals surface area (Å²) in [7, 11) is 1.77. The lowest BCUT2D eigenvalue weighted by atomic mass is 10.3. The number of anilines is 1. The van der Waals surface area contributed by atoms with E-state index in [4.69, 9.17) is 4.74 Å². The fourth-order valence-electron chi connectivity index (χ4n) is 1.78. The third-order valence-corrected chi connectivity index (χ3v) is 2.70.